The molecule has 0 unspecified atom stereocenters. The topological polar surface area (TPSA) is 75.7 Å². The molecule has 0 aromatic heterocycles. The number of ether oxygens (including phenoxy) is 1. The molecule has 3 aromatic rings. The number of esters is 1. The van der Waals surface area contributed by atoms with E-state index in [0.29, 0.717) is 12.2 Å². The highest BCUT2D eigenvalue weighted by atomic mass is 16.5. The van der Waals surface area contributed by atoms with Crippen molar-refractivity contribution < 1.29 is 19.1 Å². The van der Waals surface area contributed by atoms with Crippen LogP contribution < -0.4 is 10.2 Å². The number of amides is 2. The average molecular weight is 428 g/mol. The quantitative estimate of drug-likeness (QED) is 0.602. The van der Waals surface area contributed by atoms with Crippen LogP contribution in [0, 0.1) is 0 Å². The normalized spacial score (nSPS) is 12.6. The summed E-state index contributed by atoms with van der Waals surface area (Å²) in [5, 5.41) is 2.77. The number of para-hydroxylation sites is 2. The lowest BCUT2D eigenvalue weighted by molar-refractivity contribution is -0.121. The molecule has 32 heavy (non-hydrogen) atoms. The van der Waals surface area contributed by atoms with E-state index in [9.17, 15) is 14.4 Å². The minimum absolute atomic E-state index is 0.192. The molecule has 1 aliphatic heterocycles. The zero-order valence-corrected chi connectivity index (χ0v) is 17.6. The lowest BCUT2D eigenvalue weighted by Gasteiger charge is -2.29. The van der Waals surface area contributed by atoms with Gasteiger partial charge in [0.25, 0.3) is 5.91 Å². The summed E-state index contributed by atoms with van der Waals surface area (Å²) in [6.07, 6.45) is 1.99. The van der Waals surface area contributed by atoms with Crippen molar-refractivity contribution in [3.8, 4) is 0 Å². The first-order chi connectivity index (χ1) is 15.6. The maximum atomic E-state index is 12.7. The molecular weight excluding hydrogens is 404 g/mol. The highest BCUT2D eigenvalue weighted by molar-refractivity contribution is 6.03. The van der Waals surface area contributed by atoms with Crippen molar-refractivity contribution in [1.82, 2.24) is 0 Å². The summed E-state index contributed by atoms with van der Waals surface area (Å²) >= 11 is 0. The smallest absolute Gasteiger partial charge is 0.340 e. The summed E-state index contributed by atoms with van der Waals surface area (Å²) in [6.45, 7) is 0.235. The molecule has 0 radical (unpaired) electrons. The Kier molecular flexibility index (Phi) is 6.60. The summed E-state index contributed by atoms with van der Waals surface area (Å²) in [6, 6.07) is 23.7. The minimum Gasteiger partial charge on any atom is -0.452 e. The highest BCUT2D eigenvalue weighted by Crippen LogP contribution is 2.26. The molecule has 1 heterocycles. The van der Waals surface area contributed by atoms with Crippen molar-refractivity contribution in [2.75, 3.05) is 23.4 Å². The van der Waals surface area contributed by atoms with E-state index in [4.69, 9.17) is 4.74 Å². The number of carbonyl (C=O) groups excluding carboxylic acids is 3. The van der Waals surface area contributed by atoms with Crippen molar-refractivity contribution in [2.45, 2.75) is 19.3 Å². The van der Waals surface area contributed by atoms with Gasteiger partial charge >= 0.3 is 5.97 Å². The van der Waals surface area contributed by atoms with Crippen molar-refractivity contribution in [2.24, 2.45) is 0 Å². The van der Waals surface area contributed by atoms with Crippen LogP contribution in [-0.4, -0.2) is 30.9 Å². The molecule has 3 aromatic carbocycles. The molecule has 6 nitrogen and oxygen atoms in total. The number of hydrogen-bond donors (Lipinski definition) is 1. The average Bonchev–Trinajstić information content (AvgIpc) is 2.83. The second kappa shape index (κ2) is 9.92. The lowest BCUT2D eigenvalue weighted by Crippen LogP contribution is -2.38. The van der Waals surface area contributed by atoms with E-state index in [1.54, 1.807) is 29.2 Å². The van der Waals surface area contributed by atoms with Crippen LogP contribution in [0.5, 0.6) is 0 Å². The van der Waals surface area contributed by atoms with E-state index in [-0.39, 0.29) is 30.4 Å². The maximum Gasteiger partial charge on any atom is 0.340 e. The fourth-order valence-corrected chi connectivity index (χ4v) is 3.82. The number of nitrogens with zero attached hydrogens (tertiary/aromatic N) is 1. The number of fused-ring (bicyclic) bond motifs is 1. The van der Waals surface area contributed by atoms with Gasteiger partial charge in [-0.2, -0.15) is 0 Å². The first-order valence-electron chi connectivity index (χ1n) is 10.6. The van der Waals surface area contributed by atoms with Crippen molar-refractivity contribution in [3.05, 3.63) is 95.6 Å². The Bertz CT molecular complexity index is 1130. The standard InChI is InChI=1S/C26H24N2O4/c29-24(17-19-9-2-1-3-10-19)27-22-14-6-5-13-21(22)26(31)32-18-25(30)28-16-8-12-20-11-4-7-15-23(20)28/h1-7,9-11,13-15H,8,12,16-18H2,(H,27,29). The Morgan fingerprint density at radius 1 is 0.875 bits per heavy atom. The second-order valence-electron chi connectivity index (χ2n) is 7.61. The Labute approximate surface area is 186 Å². The monoisotopic (exact) mass is 428 g/mol. The van der Waals surface area contributed by atoms with E-state index in [0.717, 1.165) is 29.7 Å². The summed E-state index contributed by atoms with van der Waals surface area (Å²) in [7, 11) is 0. The molecule has 0 fully saturated rings. The number of rotatable bonds is 6. The molecular formula is C26H24N2O4. The molecule has 0 atom stereocenters. The molecule has 162 valence electrons. The molecule has 0 saturated carbocycles. The zero-order valence-electron chi connectivity index (χ0n) is 17.6. The second-order valence-corrected chi connectivity index (χ2v) is 7.61. The van der Waals surface area contributed by atoms with Gasteiger partial charge in [-0.1, -0.05) is 60.7 Å². The van der Waals surface area contributed by atoms with E-state index in [2.05, 4.69) is 5.32 Å². The maximum absolute atomic E-state index is 12.7. The highest BCUT2D eigenvalue weighted by Gasteiger charge is 2.24. The molecule has 2 amide bonds. The molecule has 6 heteroatoms. The van der Waals surface area contributed by atoms with Crippen LogP contribution in [0.25, 0.3) is 0 Å². The van der Waals surface area contributed by atoms with Crippen LogP contribution in [0.2, 0.25) is 0 Å². The summed E-state index contributed by atoms with van der Waals surface area (Å²) in [5.74, 6) is -1.16. The van der Waals surface area contributed by atoms with Crippen LogP contribution in [0.1, 0.15) is 27.9 Å². The van der Waals surface area contributed by atoms with Gasteiger partial charge in [0.1, 0.15) is 0 Å². The Balaban J connectivity index is 1.39. The Hall–Kier alpha value is -3.93. The van der Waals surface area contributed by atoms with Crippen molar-refractivity contribution >= 4 is 29.2 Å². The number of carbonyl (C=O) groups is 3. The predicted octanol–water partition coefficient (Wildman–Crippen LogP) is 4.00. The molecule has 0 saturated heterocycles. The van der Waals surface area contributed by atoms with Gasteiger partial charge in [-0.05, 0) is 42.2 Å². The van der Waals surface area contributed by atoms with Gasteiger partial charge in [0.15, 0.2) is 6.61 Å². The summed E-state index contributed by atoms with van der Waals surface area (Å²) in [4.78, 5) is 39.5. The van der Waals surface area contributed by atoms with Crippen LogP contribution in [0.15, 0.2) is 78.9 Å². The van der Waals surface area contributed by atoms with Crippen molar-refractivity contribution in [1.29, 1.82) is 0 Å². The number of nitrogens with one attached hydrogen (secondary N) is 1. The van der Waals surface area contributed by atoms with E-state index >= 15 is 0 Å². The van der Waals surface area contributed by atoms with Crippen LogP contribution in [0.4, 0.5) is 11.4 Å². The fraction of sp³-hybridized carbons (Fsp3) is 0.192. The fourth-order valence-electron chi connectivity index (χ4n) is 3.82. The molecule has 1 N–H and O–H groups in total. The van der Waals surface area contributed by atoms with Gasteiger partial charge in [0, 0.05) is 12.2 Å². The van der Waals surface area contributed by atoms with Gasteiger partial charge in [0.05, 0.1) is 17.7 Å². The Morgan fingerprint density at radius 2 is 1.59 bits per heavy atom. The van der Waals surface area contributed by atoms with E-state index in [1.165, 1.54) is 0 Å². The lowest BCUT2D eigenvalue weighted by atomic mass is 10.0. The number of aryl methyl sites for hydroxylation is 1. The Morgan fingerprint density at radius 3 is 2.44 bits per heavy atom. The molecule has 4 rings (SSSR count). The van der Waals surface area contributed by atoms with Crippen LogP contribution in [-0.2, 0) is 27.2 Å². The largest absolute Gasteiger partial charge is 0.452 e. The van der Waals surface area contributed by atoms with E-state index < -0.39 is 5.97 Å². The van der Waals surface area contributed by atoms with Crippen LogP contribution in [0.3, 0.4) is 0 Å². The molecule has 1 aliphatic rings. The van der Waals surface area contributed by atoms with Gasteiger partial charge in [-0.15, -0.1) is 0 Å². The number of hydrogen-bond acceptors (Lipinski definition) is 4. The first-order valence-corrected chi connectivity index (χ1v) is 10.6. The van der Waals surface area contributed by atoms with Crippen LogP contribution >= 0.6 is 0 Å². The predicted molar refractivity (Wildman–Crippen MR) is 123 cm³/mol. The SMILES string of the molecule is O=C(Cc1ccccc1)Nc1ccccc1C(=O)OCC(=O)N1CCCc2ccccc21. The third kappa shape index (κ3) is 5.03. The number of anilines is 2. The molecule has 0 bridgehead atoms. The minimum atomic E-state index is -0.653. The first kappa shape index (κ1) is 21.3. The third-order valence-electron chi connectivity index (χ3n) is 5.37. The molecule has 0 spiro atoms. The third-order valence-corrected chi connectivity index (χ3v) is 5.37. The van der Waals surface area contributed by atoms with E-state index in [1.807, 2.05) is 54.6 Å². The summed E-state index contributed by atoms with van der Waals surface area (Å²) in [5.41, 5.74) is 3.42. The zero-order chi connectivity index (χ0) is 22.3. The molecule has 0 aliphatic carbocycles. The van der Waals surface area contributed by atoms with Gasteiger partial charge in [0.2, 0.25) is 5.91 Å². The van der Waals surface area contributed by atoms with Gasteiger partial charge in [-0.25, -0.2) is 4.79 Å². The summed E-state index contributed by atoms with van der Waals surface area (Å²) < 4.78 is 5.32. The van der Waals surface area contributed by atoms with Gasteiger partial charge in [-0.3, -0.25) is 9.59 Å². The van der Waals surface area contributed by atoms with Gasteiger partial charge < -0.3 is 15.0 Å². The number of benzene rings is 3. The van der Waals surface area contributed by atoms with Crippen molar-refractivity contribution in [3.63, 3.8) is 0 Å².